The minimum Gasteiger partial charge on any atom is -0.448 e. The van der Waals surface area contributed by atoms with Crippen molar-refractivity contribution in [2.45, 2.75) is 16.4 Å². The number of benzene rings is 2. The standard InChI is InChI=1S/C19H15N3O4S/c23-18(12-14-6-4-5-9-17(14)22(24)25)21-20-13-15-10-11-19(26-15)27-16-7-2-1-3-8-16/h1-11,13H,12H2,(H,21,23)/b20-13+. The summed E-state index contributed by atoms with van der Waals surface area (Å²) >= 11 is 1.47. The molecule has 0 spiro atoms. The van der Waals surface area contributed by atoms with E-state index in [1.807, 2.05) is 36.4 Å². The molecule has 2 aromatic carbocycles. The number of hydrazone groups is 1. The van der Waals surface area contributed by atoms with E-state index in [2.05, 4.69) is 10.5 Å². The van der Waals surface area contributed by atoms with Crippen molar-refractivity contribution in [3.05, 3.63) is 88.2 Å². The summed E-state index contributed by atoms with van der Waals surface area (Å²) in [5, 5.41) is 15.5. The highest BCUT2D eigenvalue weighted by Crippen LogP contribution is 2.28. The summed E-state index contributed by atoms with van der Waals surface area (Å²) in [4.78, 5) is 23.4. The summed E-state index contributed by atoms with van der Waals surface area (Å²) in [7, 11) is 0. The number of rotatable bonds is 7. The van der Waals surface area contributed by atoms with Gasteiger partial charge in [0.2, 0.25) is 5.91 Å². The van der Waals surface area contributed by atoms with Crippen LogP contribution in [0.4, 0.5) is 5.69 Å². The molecule has 136 valence electrons. The Morgan fingerprint density at radius 1 is 1.11 bits per heavy atom. The number of hydrogen-bond acceptors (Lipinski definition) is 6. The first-order valence-electron chi connectivity index (χ1n) is 7.99. The second-order valence-corrected chi connectivity index (χ2v) is 6.51. The zero-order chi connectivity index (χ0) is 19.1. The number of nitrogens with zero attached hydrogens (tertiary/aromatic N) is 2. The number of nitro benzene ring substituents is 1. The molecule has 0 saturated heterocycles. The number of carbonyl (C=O) groups is 1. The lowest BCUT2D eigenvalue weighted by Gasteiger charge is -2.01. The SMILES string of the molecule is O=C(Cc1ccccc1[N+](=O)[O-])N/N=C/c1ccc(Sc2ccccc2)o1. The molecule has 1 N–H and O–H groups in total. The van der Waals surface area contributed by atoms with Crippen molar-refractivity contribution in [3.8, 4) is 0 Å². The van der Waals surface area contributed by atoms with Gasteiger partial charge in [-0.3, -0.25) is 14.9 Å². The summed E-state index contributed by atoms with van der Waals surface area (Å²) in [6.45, 7) is 0. The maximum absolute atomic E-state index is 11.9. The fraction of sp³-hybridized carbons (Fsp3) is 0.0526. The van der Waals surface area contributed by atoms with Gasteiger partial charge >= 0.3 is 0 Å². The predicted octanol–water partition coefficient (Wildman–Crippen LogP) is 4.03. The highest BCUT2D eigenvalue weighted by molar-refractivity contribution is 7.99. The minimum absolute atomic E-state index is 0.0924. The van der Waals surface area contributed by atoms with Crippen LogP contribution in [0, 0.1) is 10.1 Å². The van der Waals surface area contributed by atoms with E-state index in [4.69, 9.17) is 4.42 Å². The highest BCUT2D eigenvalue weighted by atomic mass is 32.2. The fourth-order valence-electron chi connectivity index (χ4n) is 2.28. The van der Waals surface area contributed by atoms with E-state index in [1.54, 1.807) is 24.3 Å². The van der Waals surface area contributed by atoms with Gasteiger partial charge in [0.1, 0.15) is 5.76 Å². The fourth-order valence-corrected chi connectivity index (χ4v) is 3.08. The van der Waals surface area contributed by atoms with Crippen molar-refractivity contribution in [1.82, 2.24) is 5.43 Å². The van der Waals surface area contributed by atoms with Crippen molar-refractivity contribution in [2.75, 3.05) is 0 Å². The number of nitro groups is 1. The maximum atomic E-state index is 11.9. The third-order valence-electron chi connectivity index (χ3n) is 3.48. The second-order valence-electron chi connectivity index (χ2n) is 5.43. The van der Waals surface area contributed by atoms with Gasteiger partial charge in [-0.05, 0) is 24.3 Å². The molecule has 7 nitrogen and oxygen atoms in total. The molecule has 1 aromatic heterocycles. The van der Waals surface area contributed by atoms with Gasteiger partial charge in [-0.2, -0.15) is 5.10 Å². The molecule has 1 amide bonds. The summed E-state index contributed by atoms with van der Waals surface area (Å²) in [5.41, 5.74) is 2.58. The molecule has 0 bridgehead atoms. The lowest BCUT2D eigenvalue weighted by atomic mass is 10.1. The van der Waals surface area contributed by atoms with E-state index in [1.165, 1.54) is 24.0 Å². The second kappa shape index (κ2) is 8.81. The Morgan fingerprint density at radius 3 is 2.63 bits per heavy atom. The Labute approximate surface area is 159 Å². The minimum atomic E-state index is -0.513. The molecule has 0 radical (unpaired) electrons. The molecule has 3 rings (SSSR count). The van der Waals surface area contributed by atoms with E-state index in [9.17, 15) is 14.9 Å². The van der Waals surface area contributed by atoms with Crippen LogP contribution < -0.4 is 5.43 Å². The van der Waals surface area contributed by atoms with Crippen LogP contribution in [0.1, 0.15) is 11.3 Å². The zero-order valence-electron chi connectivity index (χ0n) is 14.1. The molecule has 1 heterocycles. The van der Waals surface area contributed by atoms with E-state index < -0.39 is 10.8 Å². The molecule has 0 atom stereocenters. The van der Waals surface area contributed by atoms with Crippen LogP contribution >= 0.6 is 11.8 Å². The maximum Gasteiger partial charge on any atom is 0.273 e. The lowest BCUT2D eigenvalue weighted by Crippen LogP contribution is -2.20. The van der Waals surface area contributed by atoms with Crippen LogP contribution in [-0.2, 0) is 11.2 Å². The predicted molar refractivity (Wildman–Crippen MR) is 102 cm³/mol. The van der Waals surface area contributed by atoms with Gasteiger partial charge in [-0.15, -0.1) is 0 Å². The van der Waals surface area contributed by atoms with Crippen molar-refractivity contribution in [1.29, 1.82) is 0 Å². The number of furan rings is 1. The van der Waals surface area contributed by atoms with Crippen molar-refractivity contribution in [2.24, 2.45) is 5.10 Å². The van der Waals surface area contributed by atoms with Gasteiger partial charge in [0.15, 0.2) is 5.09 Å². The van der Waals surface area contributed by atoms with Crippen LogP contribution in [-0.4, -0.2) is 17.0 Å². The molecule has 3 aromatic rings. The van der Waals surface area contributed by atoms with E-state index in [0.29, 0.717) is 16.4 Å². The van der Waals surface area contributed by atoms with Crippen LogP contribution in [0.5, 0.6) is 0 Å². The average Bonchev–Trinajstić information content (AvgIpc) is 3.10. The first kappa shape index (κ1) is 18.4. The monoisotopic (exact) mass is 381 g/mol. The van der Waals surface area contributed by atoms with Gasteiger partial charge in [0.05, 0.1) is 17.6 Å². The molecule has 0 aliphatic carbocycles. The third kappa shape index (κ3) is 5.29. The van der Waals surface area contributed by atoms with E-state index in [0.717, 1.165) is 4.90 Å². The normalized spacial score (nSPS) is 10.8. The molecule has 0 saturated carbocycles. The topological polar surface area (TPSA) is 97.7 Å². The largest absolute Gasteiger partial charge is 0.448 e. The van der Waals surface area contributed by atoms with Crippen LogP contribution in [0.3, 0.4) is 0 Å². The van der Waals surface area contributed by atoms with Crippen molar-refractivity contribution in [3.63, 3.8) is 0 Å². The number of nitrogens with one attached hydrogen (secondary N) is 1. The van der Waals surface area contributed by atoms with Crippen molar-refractivity contribution >= 4 is 29.6 Å². The number of carbonyl (C=O) groups excluding carboxylic acids is 1. The first-order chi connectivity index (χ1) is 13.1. The third-order valence-corrected chi connectivity index (χ3v) is 4.41. The van der Waals surface area contributed by atoms with Crippen LogP contribution in [0.25, 0.3) is 0 Å². The Morgan fingerprint density at radius 2 is 1.85 bits per heavy atom. The molecule has 0 aliphatic rings. The molecular formula is C19H15N3O4S. The Hall–Kier alpha value is -3.39. The summed E-state index contributed by atoms with van der Waals surface area (Å²) < 4.78 is 5.61. The molecular weight excluding hydrogens is 366 g/mol. The Balaban J connectivity index is 1.55. The number of para-hydroxylation sites is 1. The van der Waals surface area contributed by atoms with Crippen LogP contribution in [0.2, 0.25) is 0 Å². The number of hydrogen-bond donors (Lipinski definition) is 1. The van der Waals surface area contributed by atoms with E-state index in [-0.39, 0.29) is 12.1 Å². The Bertz CT molecular complexity index is 970. The van der Waals surface area contributed by atoms with Gasteiger partial charge in [-0.25, -0.2) is 5.43 Å². The summed E-state index contributed by atoms with van der Waals surface area (Å²) in [6, 6.07) is 19.4. The highest BCUT2D eigenvalue weighted by Gasteiger charge is 2.15. The quantitative estimate of drug-likeness (QED) is 0.378. The first-order valence-corrected chi connectivity index (χ1v) is 8.80. The average molecular weight is 381 g/mol. The molecule has 8 heteroatoms. The molecule has 0 unspecified atom stereocenters. The van der Waals surface area contributed by atoms with Gasteiger partial charge in [0, 0.05) is 16.5 Å². The molecule has 0 aliphatic heterocycles. The lowest BCUT2D eigenvalue weighted by molar-refractivity contribution is -0.385. The summed E-state index contributed by atoms with van der Waals surface area (Å²) in [5.74, 6) is 0.0328. The van der Waals surface area contributed by atoms with Gasteiger partial charge < -0.3 is 4.42 Å². The molecule has 0 fully saturated rings. The van der Waals surface area contributed by atoms with Gasteiger partial charge in [-0.1, -0.05) is 48.2 Å². The van der Waals surface area contributed by atoms with E-state index >= 15 is 0 Å². The smallest absolute Gasteiger partial charge is 0.273 e. The van der Waals surface area contributed by atoms with Crippen LogP contribution in [0.15, 0.2) is 86.2 Å². The Kier molecular flexibility index (Phi) is 6.01. The van der Waals surface area contributed by atoms with Crippen molar-refractivity contribution < 1.29 is 14.1 Å². The zero-order valence-corrected chi connectivity index (χ0v) is 14.9. The van der Waals surface area contributed by atoms with Gasteiger partial charge in [0.25, 0.3) is 5.69 Å². The number of amides is 1. The summed E-state index contributed by atoms with van der Waals surface area (Å²) in [6.07, 6.45) is 1.24. The molecule has 27 heavy (non-hydrogen) atoms.